The van der Waals surface area contributed by atoms with Gasteiger partial charge in [-0.2, -0.15) is 0 Å². The Hall–Kier alpha value is -1.50. The van der Waals surface area contributed by atoms with Gasteiger partial charge >= 0.3 is 0 Å². The zero-order chi connectivity index (χ0) is 17.7. The summed E-state index contributed by atoms with van der Waals surface area (Å²) >= 11 is 1.53. The van der Waals surface area contributed by atoms with Crippen LogP contribution in [-0.4, -0.2) is 45.6 Å². The first kappa shape index (κ1) is 18.8. The van der Waals surface area contributed by atoms with Crippen LogP contribution in [0.25, 0.3) is 10.9 Å². The highest BCUT2D eigenvalue weighted by Gasteiger charge is 2.24. The van der Waals surface area contributed by atoms with Gasteiger partial charge in [0.25, 0.3) is 0 Å². The summed E-state index contributed by atoms with van der Waals surface area (Å²) in [6.07, 6.45) is 2.66. The predicted molar refractivity (Wildman–Crippen MR) is 98.2 cm³/mol. The summed E-state index contributed by atoms with van der Waals surface area (Å²) in [6, 6.07) is 5.48. The van der Waals surface area contributed by atoms with Crippen molar-refractivity contribution in [3.63, 3.8) is 0 Å². The summed E-state index contributed by atoms with van der Waals surface area (Å²) in [5, 5.41) is 22.0. The number of aryl methyl sites for hydroxylation is 1. The predicted octanol–water partition coefficient (Wildman–Crippen LogP) is 2.45. The van der Waals surface area contributed by atoms with E-state index in [1.165, 1.54) is 17.3 Å². The number of nitrogens with one attached hydrogen (secondary N) is 2. The van der Waals surface area contributed by atoms with E-state index in [0.717, 1.165) is 22.2 Å². The van der Waals surface area contributed by atoms with Gasteiger partial charge in [0.2, 0.25) is 5.91 Å². The van der Waals surface area contributed by atoms with Gasteiger partial charge in [-0.25, -0.2) is 0 Å². The Labute approximate surface area is 146 Å². The SMILES string of the molecule is Cc1cccc2[nH]cc(SC(CC(C)C)C(=O)NC(CO)CO)c12. The van der Waals surface area contributed by atoms with Crippen LogP contribution in [0.3, 0.4) is 0 Å². The lowest BCUT2D eigenvalue weighted by Gasteiger charge is -2.21. The third-order valence-electron chi connectivity index (χ3n) is 3.91. The van der Waals surface area contributed by atoms with Crippen LogP contribution in [0.15, 0.2) is 29.3 Å². The maximum absolute atomic E-state index is 12.6. The quantitative estimate of drug-likeness (QED) is 0.551. The molecule has 1 aromatic carbocycles. The molecule has 0 aliphatic carbocycles. The Bertz CT molecular complexity index is 680. The van der Waals surface area contributed by atoms with E-state index in [0.29, 0.717) is 5.92 Å². The van der Waals surface area contributed by atoms with Crippen molar-refractivity contribution in [3.8, 4) is 0 Å². The molecule has 6 heteroatoms. The molecule has 24 heavy (non-hydrogen) atoms. The average Bonchev–Trinajstić information content (AvgIpc) is 2.95. The highest BCUT2D eigenvalue weighted by atomic mass is 32.2. The molecule has 0 aliphatic rings. The molecule has 0 bridgehead atoms. The molecule has 0 fully saturated rings. The van der Waals surface area contributed by atoms with E-state index in [2.05, 4.69) is 37.1 Å². The fourth-order valence-corrected chi connectivity index (χ4v) is 4.14. The van der Waals surface area contributed by atoms with Crippen LogP contribution < -0.4 is 5.32 Å². The molecule has 1 atom stereocenters. The summed E-state index contributed by atoms with van der Waals surface area (Å²) in [6.45, 7) is 5.68. The molecule has 1 unspecified atom stereocenters. The number of carbonyl (C=O) groups is 1. The molecule has 1 aromatic heterocycles. The minimum Gasteiger partial charge on any atom is -0.394 e. The second-order valence-electron chi connectivity index (χ2n) is 6.46. The number of hydrogen-bond acceptors (Lipinski definition) is 4. The van der Waals surface area contributed by atoms with E-state index in [9.17, 15) is 15.0 Å². The van der Waals surface area contributed by atoms with Crippen molar-refractivity contribution in [3.05, 3.63) is 30.0 Å². The molecule has 2 rings (SSSR count). The Kier molecular flexibility index (Phi) is 6.71. The van der Waals surface area contributed by atoms with Gasteiger partial charge in [0.1, 0.15) is 0 Å². The lowest BCUT2D eigenvalue weighted by molar-refractivity contribution is -0.122. The van der Waals surface area contributed by atoms with Crippen LogP contribution >= 0.6 is 11.8 Å². The van der Waals surface area contributed by atoms with Crippen LogP contribution in [0, 0.1) is 12.8 Å². The van der Waals surface area contributed by atoms with Gasteiger partial charge in [0.15, 0.2) is 0 Å². The number of H-pyrrole nitrogens is 1. The fourth-order valence-electron chi connectivity index (χ4n) is 2.66. The first-order valence-corrected chi connectivity index (χ1v) is 9.09. The molecule has 1 amide bonds. The fraction of sp³-hybridized carbons (Fsp3) is 0.500. The number of aliphatic hydroxyl groups is 2. The molecule has 2 aromatic rings. The largest absolute Gasteiger partial charge is 0.394 e. The molecule has 5 nitrogen and oxygen atoms in total. The Balaban J connectivity index is 2.23. The Morgan fingerprint density at radius 2 is 2.00 bits per heavy atom. The van der Waals surface area contributed by atoms with Gasteiger partial charge in [-0.15, -0.1) is 11.8 Å². The highest BCUT2D eigenvalue weighted by molar-refractivity contribution is 8.00. The van der Waals surface area contributed by atoms with Gasteiger partial charge in [-0.1, -0.05) is 26.0 Å². The third kappa shape index (κ3) is 4.53. The lowest BCUT2D eigenvalue weighted by Crippen LogP contribution is -2.44. The van der Waals surface area contributed by atoms with Crippen LogP contribution in [-0.2, 0) is 4.79 Å². The van der Waals surface area contributed by atoms with Crippen molar-refractivity contribution >= 4 is 28.6 Å². The molecule has 0 spiro atoms. The van der Waals surface area contributed by atoms with Gasteiger partial charge in [-0.05, 0) is 30.9 Å². The zero-order valence-corrected chi connectivity index (χ0v) is 15.2. The number of aromatic amines is 1. The number of carbonyl (C=O) groups excluding carboxylic acids is 1. The number of fused-ring (bicyclic) bond motifs is 1. The van der Waals surface area contributed by atoms with Crippen molar-refractivity contribution in [2.24, 2.45) is 5.92 Å². The van der Waals surface area contributed by atoms with Crippen LogP contribution in [0.5, 0.6) is 0 Å². The monoisotopic (exact) mass is 350 g/mol. The minimum atomic E-state index is -0.613. The molecule has 0 saturated heterocycles. The van der Waals surface area contributed by atoms with E-state index >= 15 is 0 Å². The van der Waals surface area contributed by atoms with Crippen molar-refractivity contribution < 1.29 is 15.0 Å². The van der Waals surface area contributed by atoms with E-state index in [-0.39, 0.29) is 24.4 Å². The Morgan fingerprint density at radius 1 is 1.29 bits per heavy atom. The lowest BCUT2D eigenvalue weighted by atomic mass is 10.1. The average molecular weight is 350 g/mol. The van der Waals surface area contributed by atoms with E-state index in [1.54, 1.807) is 0 Å². The van der Waals surface area contributed by atoms with Gasteiger partial charge in [0, 0.05) is 22.0 Å². The normalized spacial score (nSPS) is 13.0. The van der Waals surface area contributed by atoms with Crippen molar-refractivity contribution in [1.82, 2.24) is 10.3 Å². The topological polar surface area (TPSA) is 85.4 Å². The van der Waals surface area contributed by atoms with E-state index < -0.39 is 6.04 Å². The van der Waals surface area contributed by atoms with Crippen molar-refractivity contribution in [1.29, 1.82) is 0 Å². The molecule has 4 N–H and O–H groups in total. The number of rotatable bonds is 8. The molecule has 132 valence electrons. The van der Waals surface area contributed by atoms with Gasteiger partial charge < -0.3 is 20.5 Å². The maximum atomic E-state index is 12.6. The molecular weight excluding hydrogens is 324 g/mol. The van der Waals surface area contributed by atoms with Gasteiger partial charge in [0.05, 0.1) is 24.5 Å². The number of thioether (sulfide) groups is 1. The van der Waals surface area contributed by atoms with Gasteiger partial charge in [-0.3, -0.25) is 4.79 Å². The third-order valence-corrected chi connectivity index (χ3v) is 5.18. The first-order valence-electron chi connectivity index (χ1n) is 8.21. The standard InChI is InChI=1S/C18H26N2O3S/c1-11(2)7-15(18(23)20-13(9-21)10-22)24-16-8-19-14-6-4-5-12(3)17(14)16/h4-6,8,11,13,15,19,21-22H,7,9-10H2,1-3H3,(H,20,23). The van der Waals surface area contributed by atoms with E-state index in [4.69, 9.17) is 0 Å². The second-order valence-corrected chi connectivity index (χ2v) is 7.70. The summed E-state index contributed by atoms with van der Waals surface area (Å²) in [4.78, 5) is 16.9. The van der Waals surface area contributed by atoms with Crippen molar-refractivity contribution in [2.45, 2.75) is 43.4 Å². The molecule has 1 heterocycles. The second kappa shape index (κ2) is 8.55. The summed E-state index contributed by atoms with van der Waals surface area (Å²) in [7, 11) is 0. The highest BCUT2D eigenvalue weighted by Crippen LogP contribution is 2.35. The minimum absolute atomic E-state index is 0.148. The summed E-state index contributed by atoms with van der Waals surface area (Å²) in [5.41, 5.74) is 2.23. The van der Waals surface area contributed by atoms with Crippen LogP contribution in [0.1, 0.15) is 25.8 Å². The van der Waals surface area contributed by atoms with Crippen LogP contribution in [0.4, 0.5) is 0 Å². The number of aliphatic hydroxyl groups excluding tert-OH is 2. The smallest absolute Gasteiger partial charge is 0.233 e. The number of aromatic nitrogens is 1. The molecule has 0 aliphatic heterocycles. The van der Waals surface area contributed by atoms with Crippen molar-refractivity contribution in [2.75, 3.05) is 13.2 Å². The number of amides is 1. The molecule has 0 radical (unpaired) electrons. The van der Waals surface area contributed by atoms with Crippen LogP contribution in [0.2, 0.25) is 0 Å². The molecule has 0 saturated carbocycles. The zero-order valence-electron chi connectivity index (χ0n) is 14.4. The maximum Gasteiger partial charge on any atom is 0.233 e. The number of hydrogen-bond donors (Lipinski definition) is 4. The number of benzene rings is 1. The molecular formula is C18H26N2O3S. The van der Waals surface area contributed by atoms with E-state index in [1.807, 2.05) is 18.3 Å². The summed E-state index contributed by atoms with van der Waals surface area (Å²) < 4.78 is 0. The Morgan fingerprint density at radius 3 is 2.62 bits per heavy atom. The first-order chi connectivity index (χ1) is 11.5. The summed E-state index contributed by atoms with van der Waals surface area (Å²) in [5.74, 6) is 0.214.